The van der Waals surface area contributed by atoms with Gasteiger partial charge >= 0.3 is 0 Å². The lowest BCUT2D eigenvalue weighted by Crippen LogP contribution is -2.32. The molecule has 1 atom stereocenters. The minimum absolute atomic E-state index is 0.0359. The SMILES string of the molecule is CC(=O)NC(C)CC(=O)c1ccc(Br)cc1. The summed E-state index contributed by atoms with van der Waals surface area (Å²) < 4.78 is 0.943. The molecule has 1 amide bonds. The van der Waals surface area contributed by atoms with Crippen LogP contribution in [0.15, 0.2) is 28.7 Å². The Hall–Kier alpha value is -1.16. The van der Waals surface area contributed by atoms with Gasteiger partial charge in [-0.05, 0) is 19.1 Å². The van der Waals surface area contributed by atoms with E-state index < -0.39 is 0 Å². The highest BCUT2D eigenvalue weighted by molar-refractivity contribution is 9.10. The summed E-state index contributed by atoms with van der Waals surface area (Å²) in [5.74, 6) is -0.0788. The van der Waals surface area contributed by atoms with Crippen LogP contribution in [0.4, 0.5) is 0 Å². The molecule has 86 valence electrons. The van der Waals surface area contributed by atoms with Crippen LogP contribution < -0.4 is 5.32 Å². The molecule has 0 spiro atoms. The highest BCUT2D eigenvalue weighted by Crippen LogP contribution is 2.12. The maximum atomic E-state index is 11.8. The van der Waals surface area contributed by atoms with Gasteiger partial charge in [0.1, 0.15) is 0 Å². The minimum atomic E-state index is -0.131. The third-order valence-corrected chi connectivity index (χ3v) is 2.64. The van der Waals surface area contributed by atoms with Crippen molar-refractivity contribution in [1.82, 2.24) is 5.32 Å². The predicted molar refractivity (Wildman–Crippen MR) is 66.4 cm³/mol. The van der Waals surface area contributed by atoms with Crippen LogP contribution in [0.1, 0.15) is 30.6 Å². The zero-order valence-corrected chi connectivity index (χ0v) is 10.9. The number of hydrogen-bond acceptors (Lipinski definition) is 2. The molecule has 0 saturated carbocycles. The Labute approximate surface area is 103 Å². The normalized spacial score (nSPS) is 11.9. The highest BCUT2D eigenvalue weighted by Gasteiger charge is 2.11. The second-order valence-electron chi connectivity index (χ2n) is 3.74. The van der Waals surface area contributed by atoms with Gasteiger partial charge in [-0.1, -0.05) is 28.1 Å². The van der Waals surface area contributed by atoms with Crippen LogP contribution in [-0.2, 0) is 4.79 Å². The van der Waals surface area contributed by atoms with Crippen molar-refractivity contribution >= 4 is 27.6 Å². The summed E-state index contributed by atoms with van der Waals surface area (Å²) in [6, 6.07) is 7.07. The van der Waals surface area contributed by atoms with E-state index in [0.29, 0.717) is 12.0 Å². The van der Waals surface area contributed by atoms with E-state index in [-0.39, 0.29) is 17.7 Å². The molecule has 0 aliphatic rings. The van der Waals surface area contributed by atoms with Gasteiger partial charge in [-0.2, -0.15) is 0 Å². The number of carbonyl (C=O) groups excluding carboxylic acids is 2. The number of amides is 1. The summed E-state index contributed by atoms with van der Waals surface area (Å²) in [6.45, 7) is 3.26. The standard InChI is InChI=1S/C12H14BrNO2/c1-8(14-9(2)15)7-12(16)10-3-5-11(13)6-4-10/h3-6,8H,7H2,1-2H3,(H,14,15). The van der Waals surface area contributed by atoms with Crippen LogP contribution >= 0.6 is 15.9 Å². The first kappa shape index (κ1) is 12.9. The number of Topliss-reactive ketones (excluding diaryl/α,β-unsaturated/α-hetero) is 1. The number of hydrogen-bond donors (Lipinski definition) is 1. The average molecular weight is 284 g/mol. The molecule has 0 fully saturated rings. The smallest absolute Gasteiger partial charge is 0.217 e. The summed E-state index contributed by atoms with van der Waals surface area (Å²) in [4.78, 5) is 22.6. The van der Waals surface area contributed by atoms with Crippen molar-refractivity contribution < 1.29 is 9.59 Å². The summed E-state index contributed by atoms with van der Waals surface area (Å²) in [5.41, 5.74) is 0.667. The topological polar surface area (TPSA) is 46.2 Å². The Balaban J connectivity index is 2.58. The molecule has 0 radical (unpaired) electrons. The number of carbonyl (C=O) groups is 2. The maximum Gasteiger partial charge on any atom is 0.217 e. The van der Waals surface area contributed by atoms with Crippen LogP contribution in [-0.4, -0.2) is 17.7 Å². The van der Waals surface area contributed by atoms with E-state index >= 15 is 0 Å². The van der Waals surface area contributed by atoms with Gasteiger partial charge < -0.3 is 5.32 Å². The van der Waals surface area contributed by atoms with Gasteiger partial charge in [0.15, 0.2) is 5.78 Å². The fraction of sp³-hybridized carbons (Fsp3) is 0.333. The molecule has 1 unspecified atom stereocenters. The van der Waals surface area contributed by atoms with E-state index in [9.17, 15) is 9.59 Å². The van der Waals surface area contributed by atoms with Gasteiger partial charge in [-0.3, -0.25) is 9.59 Å². The predicted octanol–water partition coefficient (Wildman–Crippen LogP) is 2.55. The molecule has 4 heteroatoms. The second-order valence-corrected chi connectivity index (χ2v) is 4.65. The Morgan fingerprint density at radius 1 is 1.31 bits per heavy atom. The molecule has 0 aliphatic heterocycles. The van der Waals surface area contributed by atoms with Crippen LogP contribution in [0.3, 0.4) is 0 Å². The van der Waals surface area contributed by atoms with Gasteiger partial charge in [-0.15, -0.1) is 0 Å². The van der Waals surface area contributed by atoms with Gasteiger partial charge in [0.2, 0.25) is 5.91 Å². The number of halogens is 1. The quantitative estimate of drug-likeness (QED) is 0.864. The van der Waals surface area contributed by atoms with E-state index in [0.717, 1.165) is 4.47 Å². The van der Waals surface area contributed by atoms with Crippen LogP contribution in [0.25, 0.3) is 0 Å². The summed E-state index contributed by atoms with van der Waals surface area (Å²) >= 11 is 3.31. The Kier molecular flexibility index (Phi) is 4.68. The molecule has 1 aromatic carbocycles. The number of nitrogens with one attached hydrogen (secondary N) is 1. The molecule has 1 N–H and O–H groups in total. The fourth-order valence-corrected chi connectivity index (χ4v) is 1.69. The molecule has 0 bridgehead atoms. The van der Waals surface area contributed by atoms with Gasteiger partial charge in [0.05, 0.1) is 0 Å². The van der Waals surface area contributed by atoms with Crippen LogP contribution in [0, 0.1) is 0 Å². The van der Waals surface area contributed by atoms with E-state index in [1.807, 2.05) is 19.1 Å². The van der Waals surface area contributed by atoms with E-state index in [2.05, 4.69) is 21.2 Å². The fourth-order valence-electron chi connectivity index (χ4n) is 1.43. The number of rotatable bonds is 4. The van der Waals surface area contributed by atoms with E-state index in [1.54, 1.807) is 12.1 Å². The first-order chi connectivity index (χ1) is 7.49. The molecule has 3 nitrogen and oxygen atoms in total. The van der Waals surface area contributed by atoms with Crippen LogP contribution in [0.2, 0.25) is 0 Å². The summed E-state index contributed by atoms with van der Waals surface area (Å²) in [5, 5.41) is 2.69. The molecule has 1 aromatic rings. The minimum Gasteiger partial charge on any atom is -0.353 e. The molecule has 0 aromatic heterocycles. The van der Waals surface area contributed by atoms with E-state index in [4.69, 9.17) is 0 Å². The van der Waals surface area contributed by atoms with Crippen molar-refractivity contribution in [2.45, 2.75) is 26.3 Å². The first-order valence-electron chi connectivity index (χ1n) is 5.05. The van der Waals surface area contributed by atoms with Crippen molar-refractivity contribution in [3.63, 3.8) is 0 Å². The zero-order valence-electron chi connectivity index (χ0n) is 9.29. The van der Waals surface area contributed by atoms with Crippen molar-refractivity contribution in [2.75, 3.05) is 0 Å². The largest absolute Gasteiger partial charge is 0.353 e. The van der Waals surface area contributed by atoms with Crippen LogP contribution in [0.5, 0.6) is 0 Å². The molecule has 1 rings (SSSR count). The van der Waals surface area contributed by atoms with Crippen molar-refractivity contribution in [3.8, 4) is 0 Å². The van der Waals surface area contributed by atoms with Gasteiger partial charge in [0.25, 0.3) is 0 Å². The van der Waals surface area contributed by atoms with Gasteiger partial charge in [-0.25, -0.2) is 0 Å². The first-order valence-corrected chi connectivity index (χ1v) is 5.84. The number of benzene rings is 1. The monoisotopic (exact) mass is 283 g/mol. The molecule has 0 heterocycles. The lowest BCUT2D eigenvalue weighted by Gasteiger charge is -2.11. The number of ketones is 1. The zero-order chi connectivity index (χ0) is 12.1. The molecular weight excluding hydrogens is 270 g/mol. The lowest BCUT2D eigenvalue weighted by atomic mass is 10.0. The molecule has 16 heavy (non-hydrogen) atoms. The van der Waals surface area contributed by atoms with Crippen molar-refractivity contribution in [2.24, 2.45) is 0 Å². The lowest BCUT2D eigenvalue weighted by molar-refractivity contribution is -0.119. The molecule has 0 saturated heterocycles. The maximum absolute atomic E-state index is 11.8. The van der Waals surface area contributed by atoms with E-state index in [1.165, 1.54) is 6.92 Å². The highest BCUT2D eigenvalue weighted by atomic mass is 79.9. The second kappa shape index (κ2) is 5.80. The third kappa shape index (κ3) is 4.14. The van der Waals surface area contributed by atoms with Gasteiger partial charge in [0, 0.05) is 29.4 Å². The Morgan fingerprint density at radius 2 is 1.88 bits per heavy atom. The third-order valence-electron chi connectivity index (χ3n) is 2.11. The average Bonchev–Trinajstić information content (AvgIpc) is 2.16. The summed E-state index contributed by atoms with van der Waals surface area (Å²) in [7, 11) is 0. The van der Waals surface area contributed by atoms with Crippen molar-refractivity contribution in [1.29, 1.82) is 0 Å². The Bertz CT molecular complexity index is 387. The molecule has 0 aliphatic carbocycles. The van der Waals surface area contributed by atoms with Crippen molar-refractivity contribution in [3.05, 3.63) is 34.3 Å². The summed E-state index contributed by atoms with van der Waals surface area (Å²) in [6.07, 6.45) is 0.321. The molecular formula is C12H14BrNO2. The Morgan fingerprint density at radius 3 is 2.38 bits per heavy atom.